The van der Waals surface area contributed by atoms with Crippen molar-refractivity contribution in [1.29, 1.82) is 5.26 Å². The Morgan fingerprint density at radius 1 is 1.41 bits per heavy atom. The smallest absolute Gasteiger partial charge is 0.311 e. The van der Waals surface area contributed by atoms with E-state index in [-0.39, 0.29) is 5.56 Å². The molecule has 0 aromatic heterocycles. The van der Waals surface area contributed by atoms with Gasteiger partial charge in [0.1, 0.15) is 11.8 Å². The summed E-state index contributed by atoms with van der Waals surface area (Å²) in [4.78, 5) is 23.4. The Balaban J connectivity index is 3.39. The normalized spacial score (nSPS) is 11.3. The summed E-state index contributed by atoms with van der Waals surface area (Å²) in [6, 6.07) is 4.72. The van der Waals surface area contributed by atoms with Gasteiger partial charge in [-0.05, 0) is 26.0 Å². The van der Waals surface area contributed by atoms with Crippen molar-refractivity contribution in [3.8, 4) is 11.8 Å². The number of nitrogens with zero attached hydrogens (tertiary/aromatic N) is 3. The van der Waals surface area contributed by atoms with Gasteiger partial charge in [0.25, 0.3) is 5.91 Å². The van der Waals surface area contributed by atoms with Crippen LogP contribution in [0.1, 0.15) is 19.4 Å². The first kappa shape index (κ1) is 17.0. The fourth-order valence-corrected chi connectivity index (χ4v) is 1.83. The summed E-state index contributed by atoms with van der Waals surface area (Å²) in [5.41, 5.74) is -1.23. The van der Waals surface area contributed by atoms with Gasteiger partial charge in [-0.25, -0.2) is 0 Å². The molecule has 0 atom stereocenters. The topological polar surface area (TPSA) is 128 Å². The van der Waals surface area contributed by atoms with Gasteiger partial charge >= 0.3 is 5.69 Å². The van der Waals surface area contributed by atoms with Gasteiger partial charge in [-0.1, -0.05) is 0 Å². The van der Waals surface area contributed by atoms with E-state index in [1.54, 1.807) is 19.9 Å². The number of rotatable bonds is 5. The molecule has 0 radical (unpaired) electrons. The number of phenolic OH excluding ortho intramolecular Hbond substituents is 1. The average molecular weight is 305 g/mol. The lowest BCUT2D eigenvalue weighted by atomic mass is 10.1. The lowest BCUT2D eigenvalue weighted by Gasteiger charge is -2.18. The van der Waals surface area contributed by atoms with E-state index in [1.807, 2.05) is 0 Å². The molecule has 0 spiro atoms. The van der Waals surface area contributed by atoms with Crippen molar-refractivity contribution in [3.63, 3.8) is 0 Å². The van der Waals surface area contributed by atoms with E-state index in [0.29, 0.717) is 13.1 Å². The third-order valence-electron chi connectivity index (χ3n) is 3.06. The second kappa shape index (κ2) is 7.08. The number of aliphatic hydroxyl groups excluding tert-OH is 1. The van der Waals surface area contributed by atoms with E-state index in [2.05, 4.69) is 0 Å². The Labute approximate surface area is 126 Å². The Morgan fingerprint density at radius 2 is 2.00 bits per heavy atom. The summed E-state index contributed by atoms with van der Waals surface area (Å²) >= 11 is 0. The molecule has 8 nitrogen and oxygen atoms in total. The van der Waals surface area contributed by atoms with Gasteiger partial charge in [0.15, 0.2) is 11.3 Å². The van der Waals surface area contributed by atoms with E-state index in [4.69, 9.17) is 5.26 Å². The van der Waals surface area contributed by atoms with Crippen molar-refractivity contribution < 1.29 is 19.9 Å². The second-order valence-electron chi connectivity index (χ2n) is 4.27. The van der Waals surface area contributed by atoms with Crippen LogP contribution in [0.2, 0.25) is 0 Å². The molecule has 2 N–H and O–H groups in total. The number of likely N-dealkylation sites (N-methyl/N-ethyl adjacent to an activating group) is 1. The minimum Gasteiger partial charge on any atom is -0.506 e. The number of hydrogen-bond acceptors (Lipinski definition) is 6. The molecule has 0 bridgehead atoms. The molecule has 0 aliphatic carbocycles. The summed E-state index contributed by atoms with van der Waals surface area (Å²) in [5.74, 6) is -1.90. The summed E-state index contributed by atoms with van der Waals surface area (Å²) in [5, 5.41) is 39.4. The molecular formula is C14H15N3O5. The quantitative estimate of drug-likeness (QED) is 0.281. The van der Waals surface area contributed by atoms with E-state index >= 15 is 0 Å². The Kier molecular flexibility index (Phi) is 5.46. The molecule has 0 unspecified atom stereocenters. The van der Waals surface area contributed by atoms with Crippen LogP contribution >= 0.6 is 0 Å². The van der Waals surface area contributed by atoms with Gasteiger partial charge in [-0.2, -0.15) is 5.26 Å². The van der Waals surface area contributed by atoms with Crippen molar-refractivity contribution in [2.75, 3.05) is 13.1 Å². The molecule has 1 aromatic rings. The fourth-order valence-electron chi connectivity index (χ4n) is 1.83. The highest BCUT2D eigenvalue weighted by Crippen LogP contribution is 2.29. The highest BCUT2D eigenvalue weighted by molar-refractivity contribution is 6.03. The minimum atomic E-state index is -0.829. The van der Waals surface area contributed by atoms with Crippen LogP contribution in [0, 0.1) is 21.4 Å². The molecule has 1 aromatic carbocycles. The third kappa shape index (κ3) is 3.32. The van der Waals surface area contributed by atoms with E-state index in [0.717, 1.165) is 12.1 Å². The SMILES string of the molecule is CCN(CC)C(=O)/C(C#N)=C(\O)c1ccc(O)c([N+](=O)[O-])c1. The highest BCUT2D eigenvalue weighted by atomic mass is 16.6. The number of benzene rings is 1. The first-order chi connectivity index (χ1) is 10.4. The van der Waals surface area contributed by atoms with E-state index in [9.17, 15) is 25.1 Å². The predicted molar refractivity (Wildman–Crippen MR) is 77.9 cm³/mol. The standard InChI is InChI=1S/C14H15N3O5/c1-3-16(4-2)14(20)10(8-15)13(19)9-5-6-12(18)11(7-9)17(21)22/h5-7,18-19H,3-4H2,1-2H3/b13-10-. The Morgan fingerprint density at radius 3 is 2.45 bits per heavy atom. The van der Waals surface area contributed by atoms with Gasteiger partial charge in [0.2, 0.25) is 0 Å². The van der Waals surface area contributed by atoms with Crippen LogP contribution in [0.5, 0.6) is 5.75 Å². The number of hydrogen-bond donors (Lipinski definition) is 2. The Bertz CT molecular complexity index is 672. The van der Waals surface area contributed by atoms with Gasteiger partial charge in [0.05, 0.1) is 4.92 Å². The molecule has 0 saturated heterocycles. The number of amides is 1. The zero-order chi connectivity index (χ0) is 16.9. The van der Waals surface area contributed by atoms with Crippen molar-refractivity contribution in [2.24, 2.45) is 0 Å². The first-order valence-electron chi connectivity index (χ1n) is 6.47. The number of nitriles is 1. The Hall–Kier alpha value is -3.08. The molecular weight excluding hydrogens is 290 g/mol. The van der Waals surface area contributed by atoms with Crippen LogP contribution in [0.3, 0.4) is 0 Å². The van der Waals surface area contributed by atoms with Crippen LogP contribution in [0.25, 0.3) is 5.76 Å². The first-order valence-corrected chi connectivity index (χ1v) is 6.47. The molecule has 0 saturated carbocycles. The van der Waals surface area contributed by atoms with Crippen LogP contribution < -0.4 is 0 Å². The summed E-state index contributed by atoms with van der Waals surface area (Å²) in [6.07, 6.45) is 0. The van der Waals surface area contributed by atoms with Crippen molar-refractivity contribution >= 4 is 17.4 Å². The molecule has 1 rings (SSSR count). The summed E-state index contributed by atoms with van der Waals surface area (Å²) in [6.45, 7) is 4.14. The average Bonchev–Trinajstić information content (AvgIpc) is 2.49. The zero-order valence-electron chi connectivity index (χ0n) is 12.1. The maximum Gasteiger partial charge on any atom is 0.311 e. The van der Waals surface area contributed by atoms with Crippen molar-refractivity contribution in [1.82, 2.24) is 4.90 Å². The number of carbonyl (C=O) groups excluding carboxylic acids is 1. The van der Waals surface area contributed by atoms with Crippen LogP contribution in [-0.4, -0.2) is 39.0 Å². The predicted octanol–water partition coefficient (Wildman–Crippen LogP) is 1.96. The number of aliphatic hydroxyl groups is 1. The summed E-state index contributed by atoms with van der Waals surface area (Å²) < 4.78 is 0. The molecule has 8 heteroatoms. The van der Waals surface area contributed by atoms with Gasteiger partial charge in [0, 0.05) is 24.7 Å². The third-order valence-corrected chi connectivity index (χ3v) is 3.06. The van der Waals surface area contributed by atoms with Crippen LogP contribution in [-0.2, 0) is 4.79 Å². The van der Waals surface area contributed by atoms with E-state index in [1.165, 1.54) is 11.0 Å². The second-order valence-corrected chi connectivity index (χ2v) is 4.27. The summed E-state index contributed by atoms with van der Waals surface area (Å²) in [7, 11) is 0. The molecule has 0 aliphatic heterocycles. The van der Waals surface area contributed by atoms with Crippen LogP contribution in [0.4, 0.5) is 5.69 Å². The largest absolute Gasteiger partial charge is 0.506 e. The molecule has 0 aliphatic rings. The van der Waals surface area contributed by atoms with Gasteiger partial charge in [-0.3, -0.25) is 14.9 Å². The molecule has 116 valence electrons. The zero-order valence-corrected chi connectivity index (χ0v) is 12.1. The maximum absolute atomic E-state index is 12.1. The van der Waals surface area contributed by atoms with Crippen LogP contribution in [0.15, 0.2) is 23.8 Å². The fraction of sp³-hybridized carbons (Fsp3) is 0.286. The highest BCUT2D eigenvalue weighted by Gasteiger charge is 2.23. The number of nitro groups is 1. The lowest BCUT2D eigenvalue weighted by molar-refractivity contribution is -0.385. The van der Waals surface area contributed by atoms with Gasteiger partial charge < -0.3 is 15.1 Å². The van der Waals surface area contributed by atoms with Crippen molar-refractivity contribution in [2.45, 2.75) is 13.8 Å². The number of aromatic hydroxyl groups is 1. The maximum atomic E-state index is 12.1. The molecule has 22 heavy (non-hydrogen) atoms. The van der Waals surface area contributed by atoms with Crippen molar-refractivity contribution in [3.05, 3.63) is 39.4 Å². The number of carbonyl (C=O) groups is 1. The lowest BCUT2D eigenvalue weighted by Crippen LogP contribution is -2.31. The molecule has 0 heterocycles. The van der Waals surface area contributed by atoms with Gasteiger partial charge in [-0.15, -0.1) is 0 Å². The molecule has 0 fully saturated rings. The van der Waals surface area contributed by atoms with E-state index < -0.39 is 33.6 Å². The molecule has 1 amide bonds. The number of phenols is 1. The number of nitro benzene ring substituents is 1. The monoisotopic (exact) mass is 305 g/mol. The minimum absolute atomic E-state index is 0.0958.